The van der Waals surface area contributed by atoms with Crippen molar-refractivity contribution in [3.8, 4) is 0 Å². The van der Waals surface area contributed by atoms with E-state index < -0.39 is 6.10 Å². The molecule has 112 valence electrons. The minimum atomic E-state index is -0.476. The van der Waals surface area contributed by atoms with Crippen molar-refractivity contribution in [1.82, 2.24) is 0 Å². The lowest BCUT2D eigenvalue weighted by Gasteiger charge is -2.22. The van der Waals surface area contributed by atoms with Crippen LogP contribution in [0, 0.1) is 0 Å². The molecule has 1 fully saturated rings. The van der Waals surface area contributed by atoms with E-state index >= 15 is 0 Å². The number of aliphatic hydroxyl groups excluding tert-OH is 1. The normalized spacial score (nSPS) is 17.8. The van der Waals surface area contributed by atoms with Crippen molar-refractivity contribution in [3.63, 3.8) is 0 Å². The highest BCUT2D eigenvalue weighted by atomic mass is 32.1. The molecule has 1 aromatic heterocycles. The van der Waals surface area contributed by atoms with Gasteiger partial charge in [0.2, 0.25) is 0 Å². The van der Waals surface area contributed by atoms with Crippen molar-refractivity contribution in [3.05, 3.63) is 57.3 Å². The minimum Gasteiger partial charge on any atom is -0.383 e. The van der Waals surface area contributed by atoms with Gasteiger partial charge in [0.1, 0.15) is 6.10 Å². The summed E-state index contributed by atoms with van der Waals surface area (Å²) in [5.74, 6) is 0.735. The van der Waals surface area contributed by atoms with Crippen LogP contribution in [0.2, 0.25) is 0 Å². The lowest BCUT2D eigenvalue weighted by Crippen LogP contribution is -2.05. The lowest BCUT2D eigenvalue weighted by molar-refractivity contribution is 0.224. The van der Waals surface area contributed by atoms with E-state index in [9.17, 15) is 5.11 Å². The zero-order valence-corrected chi connectivity index (χ0v) is 13.5. The molecule has 1 unspecified atom stereocenters. The molecule has 0 radical (unpaired) electrons. The Hall–Kier alpha value is -1.12. The van der Waals surface area contributed by atoms with Crippen molar-refractivity contribution < 1.29 is 5.11 Å². The Kier molecular flexibility index (Phi) is 4.77. The fraction of sp³-hybridized carbons (Fsp3) is 0.474. The average Bonchev–Trinajstić information content (AvgIpc) is 3.04. The van der Waals surface area contributed by atoms with Crippen molar-refractivity contribution in [2.24, 2.45) is 0 Å². The molecule has 1 aliphatic rings. The molecule has 1 N–H and O–H groups in total. The Morgan fingerprint density at radius 2 is 1.76 bits per heavy atom. The molecule has 1 saturated carbocycles. The third-order valence-corrected chi connectivity index (χ3v) is 5.91. The van der Waals surface area contributed by atoms with Crippen LogP contribution in [0.3, 0.4) is 0 Å². The first kappa shape index (κ1) is 14.8. The maximum Gasteiger partial charge on any atom is 0.113 e. The molecule has 1 heterocycles. The summed E-state index contributed by atoms with van der Waals surface area (Å²) in [5.41, 5.74) is 2.46. The summed E-state index contributed by atoms with van der Waals surface area (Å²) in [7, 11) is 0. The molecule has 1 atom stereocenters. The van der Waals surface area contributed by atoms with E-state index in [1.54, 1.807) is 11.3 Å². The highest BCUT2D eigenvalue weighted by Crippen LogP contribution is 2.34. The largest absolute Gasteiger partial charge is 0.383 e. The van der Waals surface area contributed by atoms with Gasteiger partial charge in [-0.25, -0.2) is 0 Å². The van der Waals surface area contributed by atoms with Crippen LogP contribution in [0.15, 0.2) is 36.4 Å². The Morgan fingerprint density at radius 1 is 1.05 bits per heavy atom. The molecule has 0 saturated heterocycles. The zero-order chi connectivity index (χ0) is 14.7. The minimum absolute atomic E-state index is 0.476. The number of thiophene rings is 1. The van der Waals surface area contributed by atoms with Crippen LogP contribution in [-0.4, -0.2) is 5.11 Å². The summed E-state index contributed by atoms with van der Waals surface area (Å²) in [5, 5.41) is 10.5. The van der Waals surface area contributed by atoms with Crippen molar-refractivity contribution >= 4 is 11.3 Å². The predicted molar refractivity (Wildman–Crippen MR) is 90.0 cm³/mol. The van der Waals surface area contributed by atoms with Crippen molar-refractivity contribution in [2.75, 3.05) is 0 Å². The second-order valence-corrected chi connectivity index (χ2v) is 7.26. The Labute approximate surface area is 131 Å². The van der Waals surface area contributed by atoms with Gasteiger partial charge in [-0.1, -0.05) is 50.5 Å². The van der Waals surface area contributed by atoms with Gasteiger partial charge >= 0.3 is 0 Å². The van der Waals surface area contributed by atoms with Crippen LogP contribution in [-0.2, 0) is 6.42 Å². The first-order valence-electron chi connectivity index (χ1n) is 8.14. The van der Waals surface area contributed by atoms with Gasteiger partial charge in [0, 0.05) is 9.75 Å². The van der Waals surface area contributed by atoms with Crippen molar-refractivity contribution in [1.29, 1.82) is 0 Å². The summed E-state index contributed by atoms with van der Waals surface area (Å²) < 4.78 is 0. The molecule has 1 aromatic carbocycles. The highest BCUT2D eigenvalue weighted by molar-refractivity contribution is 7.12. The van der Waals surface area contributed by atoms with Crippen LogP contribution in [0.4, 0.5) is 0 Å². The fourth-order valence-corrected chi connectivity index (χ4v) is 4.25. The van der Waals surface area contributed by atoms with Gasteiger partial charge in [0.25, 0.3) is 0 Å². The first-order chi connectivity index (χ1) is 10.3. The number of benzene rings is 1. The van der Waals surface area contributed by atoms with Gasteiger partial charge < -0.3 is 5.11 Å². The molecule has 0 amide bonds. The Morgan fingerprint density at radius 3 is 2.38 bits per heavy atom. The molecule has 0 aliphatic heterocycles. The fourth-order valence-electron chi connectivity index (χ4n) is 3.28. The highest BCUT2D eigenvalue weighted by Gasteiger charge is 2.17. The number of hydrogen-bond acceptors (Lipinski definition) is 2. The monoisotopic (exact) mass is 300 g/mol. The van der Waals surface area contributed by atoms with Gasteiger partial charge in [0.15, 0.2) is 0 Å². The third kappa shape index (κ3) is 3.38. The molecule has 0 spiro atoms. The zero-order valence-electron chi connectivity index (χ0n) is 12.7. The summed E-state index contributed by atoms with van der Waals surface area (Å²) in [4.78, 5) is 2.39. The molecule has 21 heavy (non-hydrogen) atoms. The lowest BCUT2D eigenvalue weighted by atomic mass is 9.84. The molecule has 2 aromatic rings. The van der Waals surface area contributed by atoms with Crippen molar-refractivity contribution in [2.45, 2.75) is 57.5 Å². The molecular weight excluding hydrogens is 276 g/mol. The van der Waals surface area contributed by atoms with Gasteiger partial charge in [-0.2, -0.15) is 0 Å². The maximum absolute atomic E-state index is 10.5. The Bertz CT molecular complexity index is 564. The number of rotatable bonds is 4. The van der Waals surface area contributed by atoms with Crippen LogP contribution < -0.4 is 0 Å². The van der Waals surface area contributed by atoms with Gasteiger partial charge in [-0.3, -0.25) is 0 Å². The van der Waals surface area contributed by atoms with E-state index in [2.05, 4.69) is 43.3 Å². The SMILES string of the molecule is CCc1ccc(C(O)c2ccc(C3CCCCC3)cc2)s1. The van der Waals surface area contributed by atoms with Crippen LogP contribution in [0.25, 0.3) is 0 Å². The molecule has 0 bridgehead atoms. The molecule has 1 nitrogen and oxygen atoms in total. The third-order valence-electron chi connectivity index (χ3n) is 4.63. The average molecular weight is 300 g/mol. The molecular formula is C19H24OS. The summed E-state index contributed by atoms with van der Waals surface area (Å²) in [6.45, 7) is 2.15. The van der Waals surface area contributed by atoms with Gasteiger partial charge in [-0.15, -0.1) is 11.3 Å². The second-order valence-electron chi connectivity index (χ2n) is 6.06. The summed E-state index contributed by atoms with van der Waals surface area (Å²) in [6, 6.07) is 12.9. The topological polar surface area (TPSA) is 20.2 Å². The molecule has 2 heteroatoms. The van der Waals surface area contributed by atoms with E-state index in [-0.39, 0.29) is 0 Å². The number of aryl methyl sites for hydroxylation is 1. The second kappa shape index (κ2) is 6.76. The van der Waals surface area contributed by atoms with Gasteiger partial charge in [0.05, 0.1) is 0 Å². The van der Waals surface area contributed by atoms with E-state index in [4.69, 9.17) is 0 Å². The smallest absolute Gasteiger partial charge is 0.113 e. The molecule has 1 aliphatic carbocycles. The number of aliphatic hydroxyl groups is 1. The quantitative estimate of drug-likeness (QED) is 0.797. The van der Waals surface area contributed by atoms with E-state index in [0.717, 1.165) is 22.8 Å². The summed E-state index contributed by atoms with van der Waals surface area (Å²) >= 11 is 1.72. The van der Waals surface area contributed by atoms with E-state index in [0.29, 0.717) is 0 Å². The van der Waals surface area contributed by atoms with E-state index in [1.165, 1.54) is 42.5 Å². The Balaban J connectivity index is 1.73. The summed E-state index contributed by atoms with van der Waals surface area (Å²) in [6.07, 6.45) is 7.34. The standard InChI is InChI=1S/C19H24OS/c1-2-17-12-13-18(21-17)19(20)16-10-8-15(9-11-16)14-6-4-3-5-7-14/h8-14,19-20H,2-7H2,1H3. The number of hydrogen-bond donors (Lipinski definition) is 1. The first-order valence-corrected chi connectivity index (χ1v) is 8.96. The maximum atomic E-state index is 10.5. The van der Waals surface area contributed by atoms with Crippen LogP contribution in [0.1, 0.15) is 71.9 Å². The molecule has 3 rings (SSSR count). The van der Waals surface area contributed by atoms with Crippen LogP contribution >= 0.6 is 11.3 Å². The predicted octanol–water partition coefficient (Wildman–Crippen LogP) is 5.44. The van der Waals surface area contributed by atoms with Crippen LogP contribution in [0.5, 0.6) is 0 Å². The van der Waals surface area contributed by atoms with Gasteiger partial charge in [-0.05, 0) is 48.4 Å². The van der Waals surface area contributed by atoms with E-state index in [1.807, 2.05) is 0 Å².